The maximum atomic E-state index is 12.7. The molecule has 0 amide bonds. The topological polar surface area (TPSA) is 58.6 Å². The smallest absolute Gasteiger partial charge is 0.244 e. The van der Waals surface area contributed by atoms with Gasteiger partial charge in [-0.2, -0.15) is 4.31 Å². The van der Waals surface area contributed by atoms with Gasteiger partial charge in [-0.05, 0) is 19.0 Å². The quantitative estimate of drug-likeness (QED) is 0.866. The molecule has 1 aromatic rings. The Kier molecular flexibility index (Phi) is 5.57. The molecule has 114 valence electrons. The van der Waals surface area contributed by atoms with E-state index in [4.69, 9.17) is 4.74 Å². The third-order valence-corrected chi connectivity index (χ3v) is 6.45. The van der Waals surface area contributed by atoms with E-state index in [0.29, 0.717) is 24.7 Å². The molecule has 1 aromatic heterocycles. The van der Waals surface area contributed by atoms with Gasteiger partial charge >= 0.3 is 0 Å². The first-order valence-electron chi connectivity index (χ1n) is 6.97. The molecule has 0 bridgehead atoms. The number of hydrogen-bond acceptors (Lipinski definition) is 5. The van der Waals surface area contributed by atoms with Gasteiger partial charge < -0.3 is 10.1 Å². The number of rotatable bonds is 6. The van der Waals surface area contributed by atoms with Crippen LogP contribution >= 0.6 is 11.3 Å². The average molecular weight is 318 g/mol. The van der Waals surface area contributed by atoms with E-state index in [2.05, 4.69) is 5.32 Å². The molecule has 1 atom stereocenters. The normalized spacial score (nSPS) is 21.2. The van der Waals surface area contributed by atoms with Crippen LogP contribution in [-0.4, -0.2) is 45.1 Å². The summed E-state index contributed by atoms with van der Waals surface area (Å²) in [5, 5.41) is 4.95. The van der Waals surface area contributed by atoms with E-state index in [0.717, 1.165) is 24.4 Å². The van der Waals surface area contributed by atoms with Gasteiger partial charge in [-0.3, -0.25) is 0 Å². The lowest BCUT2D eigenvalue weighted by molar-refractivity contribution is 0.0314. The van der Waals surface area contributed by atoms with Crippen LogP contribution in [0.25, 0.3) is 0 Å². The van der Waals surface area contributed by atoms with E-state index in [-0.39, 0.29) is 6.04 Å². The summed E-state index contributed by atoms with van der Waals surface area (Å²) in [6.07, 6.45) is 0.771. The number of nitrogens with one attached hydrogen (secondary N) is 1. The largest absolute Gasteiger partial charge is 0.378 e. The Morgan fingerprint density at radius 2 is 2.30 bits per heavy atom. The molecule has 1 unspecified atom stereocenters. The van der Waals surface area contributed by atoms with Crippen molar-refractivity contribution in [3.8, 4) is 0 Å². The van der Waals surface area contributed by atoms with Crippen molar-refractivity contribution in [2.45, 2.75) is 37.8 Å². The predicted octanol–water partition coefficient (Wildman–Crippen LogP) is 1.66. The number of thiophene rings is 1. The molecule has 1 N–H and O–H groups in total. The van der Waals surface area contributed by atoms with Gasteiger partial charge in [-0.15, -0.1) is 11.3 Å². The van der Waals surface area contributed by atoms with Gasteiger partial charge in [0.05, 0.1) is 18.1 Å². The van der Waals surface area contributed by atoms with Crippen molar-refractivity contribution in [2.24, 2.45) is 0 Å². The highest BCUT2D eigenvalue weighted by Gasteiger charge is 2.33. The minimum atomic E-state index is -3.39. The number of sulfonamides is 1. The third-order valence-electron chi connectivity index (χ3n) is 3.43. The Labute approximate surface area is 125 Å². The molecule has 0 spiro atoms. The van der Waals surface area contributed by atoms with Gasteiger partial charge in [0.1, 0.15) is 0 Å². The molecule has 5 nitrogen and oxygen atoms in total. The SMILES string of the molecule is CCNCc1cc(S(=O)(=O)N2CCOCC2CC)cs1. The fraction of sp³-hybridized carbons (Fsp3) is 0.692. The summed E-state index contributed by atoms with van der Waals surface area (Å²) < 4.78 is 32.4. The van der Waals surface area contributed by atoms with Gasteiger partial charge in [0.15, 0.2) is 0 Å². The number of nitrogens with zero attached hydrogens (tertiary/aromatic N) is 1. The van der Waals surface area contributed by atoms with Gasteiger partial charge in [-0.25, -0.2) is 8.42 Å². The molecule has 1 aliphatic heterocycles. The second-order valence-electron chi connectivity index (χ2n) is 4.78. The van der Waals surface area contributed by atoms with Crippen LogP contribution in [0.1, 0.15) is 25.1 Å². The molecule has 0 aliphatic carbocycles. The van der Waals surface area contributed by atoms with Crippen LogP contribution in [0.3, 0.4) is 0 Å². The van der Waals surface area contributed by atoms with Crippen LogP contribution in [0.2, 0.25) is 0 Å². The second kappa shape index (κ2) is 7.00. The molecular weight excluding hydrogens is 296 g/mol. The Hall–Kier alpha value is -0.470. The minimum Gasteiger partial charge on any atom is -0.378 e. The summed E-state index contributed by atoms with van der Waals surface area (Å²) in [5.74, 6) is 0. The Morgan fingerprint density at radius 1 is 1.50 bits per heavy atom. The highest BCUT2D eigenvalue weighted by Crippen LogP contribution is 2.26. The standard InChI is InChI=1S/C13H22N2O3S2/c1-3-11-9-18-6-5-15(11)20(16,17)13-7-12(19-10-13)8-14-4-2/h7,10-11,14H,3-6,8-9H2,1-2H3. The van der Waals surface area contributed by atoms with Crippen molar-refractivity contribution < 1.29 is 13.2 Å². The Balaban J connectivity index is 2.18. The van der Waals surface area contributed by atoms with E-state index < -0.39 is 10.0 Å². The summed E-state index contributed by atoms with van der Waals surface area (Å²) in [6, 6.07) is 1.73. The summed E-state index contributed by atoms with van der Waals surface area (Å²) in [6.45, 7) is 7.03. The first kappa shape index (κ1) is 15.9. The van der Waals surface area contributed by atoms with Gasteiger partial charge in [0.25, 0.3) is 0 Å². The van der Waals surface area contributed by atoms with Gasteiger partial charge in [0.2, 0.25) is 10.0 Å². The third kappa shape index (κ3) is 3.40. The number of morpholine rings is 1. The fourth-order valence-corrected chi connectivity index (χ4v) is 5.15. The van der Waals surface area contributed by atoms with Crippen molar-refractivity contribution >= 4 is 21.4 Å². The molecule has 20 heavy (non-hydrogen) atoms. The second-order valence-corrected chi connectivity index (χ2v) is 7.67. The van der Waals surface area contributed by atoms with E-state index >= 15 is 0 Å². The lowest BCUT2D eigenvalue weighted by atomic mass is 10.2. The summed E-state index contributed by atoms with van der Waals surface area (Å²) in [5.41, 5.74) is 0. The maximum Gasteiger partial charge on any atom is 0.244 e. The summed E-state index contributed by atoms with van der Waals surface area (Å²) in [4.78, 5) is 1.46. The number of hydrogen-bond donors (Lipinski definition) is 1. The predicted molar refractivity (Wildman–Crippen MR) is 80.5 cm³/mol. The van der Waals surface area contributed by atoms with E-state index in [9.17, 15) is 8.42 Å². The lowest BCUT2D eigenvalue weighted by Gasteiger charge is -2.33. The highest BCUT2D eigenvalue weighted by molar-refractivity contribution is 7.89. The summed E-state index contributed by atoms with van der Waals surface area (Å²) >= 11 is 1.49. The van der Waals surface area contributed by atoms with Crippen molar-refractivity contribution in [1.82, 2.24) is 9.62 Å². The first-order chi connectivity index (χ1) is 9.59. The summed E-state index contributed by atoms with van der Waals surface area (Å²) in [7, 11) is -3.39. The monoisotopic (exact) mass is 318 g/mol. The van der Waals surface area contributed by atoms with Crippen LogP contribution in [0.5, 0.6) is 0 Å². The molecule has 0 saturated carbocycles. The molecule has 0 radical (unpaired) electrons. The molecule has 7 heteroatoms. The first-order valence-corrected chi connectivity index (χ1v) is 9.29. The molecule has 2 rings (SSSR count). The molecular formula is C13H22N2O3S2. The maximum absolute atomic E-state index is 12.7. The lowest BCUT2D eigenvalue weighted by Crippen LogP contribution is -2.48. The zero-order valence-electron chi connectivity index (χ0n) is 12.0. The van der Waals surface area contributed by atoms with Crippen molar-refractivity contribution in [3.63, 3.8) is 0 Å². The van der Waals surface area contributed by atoms with E-state index in [1.165, 1.54) is 11.3 Å². The van der Waals surface area contributed by atoms with Crippen LogP contribution in [-0.2, 0) is 21.3 Å². The molecule has 2 heterocycles. The van der Waals surface area contributed by atoms with Crippen LogP contribution < -0.4 is 5.32 Å². The molecule has 1 aliphatic rings. The van der Waals surface area contributed by atoms with Crippen LogP contribution in [0, 0.1) is 0 Å². The van der Waals surface area contributed by atoms with E-state index in [1.54, 1.807) is 15.8 Å². The van der Waals surface area contributed by atoms with Crippen molar-refractivity contribution in [3.05, 3.63) is 16.3 Å². The van der Waals surface area contributed by atoms with Crippen LogP contribution in [0.4, 0.5) is 0 Å². The molecule has 0 aromatic carbocycles. The van der Waals surface area contributed by atoms with Crippen LogP contribution in [0.15, 0.2) is 16.3 Å². The molecule has 1 saturated heterocycles. The zero-order valence-corrected chi connectivity index (χ0v) is 13.6. The van der Waals surface area contributed by atoms with Crippen molar-refractivity contribution in [2.75, 3.05) is 26.3 Å². The van der Waals surface area contributed by atoms with Gasteiger partial charge in [-0.1, -0.05) is 13.8 Å². The molecule has 1 fully saturated rings. The van der Waals surface area contributed by atoms with Crippen molar-refractivity contribution in [1.29, 1.82) is 0 Å². The van der Waals surface area contributed by atoms with Gasteiger partial charge in [0, 0.05) is 29.4 Å². The number of ether oxygens (including phenoxy) is 1. The minimum absolute atomic E-state index is 0.0501. The van der Waals surface area contributed by atoms with E-state index in [1.807, 2.05) is 13.8 Å². The average Bonchev–Trinajstić information content (AvgIpc) is 2.94. The zero-order chi connectivity index (χ0) is 14.6. The Morgan fingerprint density at radius 3 is 3.00 bits per heavy atom. The highest BCUT2D eigenvalue weighted by atomic mass is 32.2. The Bertz CT molecular complexity index is 527. The fourth-order valence-electron chi connectivity index (χ4n) is 2.25.